The lowest BCUT2D eigenvalue weighted by Gasteiger charge is -2.28. The van der Waals surface area contributed by atoms with Crippen LogP contribution >= 0.6 is 0 Å². The van der Waals surface area contributed by atoms with E-state index in [-0.39, 0.29) is 6.04 Å². The van der Waals surface area contributed by atoms with E-state index in [1.54, 1.807) is 25.8 Å². The second kappa shape index (κ2) is 5.23. The molecule has 2 unspecified atom stereocenters. The maximum absolute atomic E-state index is 13.1. The Morgan fingerprint density at radius 3 is 2.35 bits per heavy atom. The van der Waals surface area contributed by atoms with Gasteiger partial charge in [-0.3, -0.25) is 9.69 Å². The minimum Gasteiger partial charge on any atom is -0.480 e. The Morgan fingerprint density at radius 2 is 1.88 bits per heavy atom. The molecule has 1 aromatic carbocycles. The van der Waals surface area contributed by atoms with E-state index >= 15 is 0 Å². The first-order valence-corrected chi connectivity index (χ1v) is 5.24. The van der Waals surface area contributed by atoms with Crippen LogP contribution in [-0.2, 0) is 4.79 Å². The lowest BCUT2D eigenvalue weighted by Crippen LogP contribution is -2.37. The number of halogens is 2. The molecule has 17 heavy (non-hydrogen) atoms. The van der Waals surface area contributed by atoms with Gasteiger partial charge in [-0.15, -0.1) is 0 Å². The molecule has 0 bridgehead atoms. The minimum atomic E-state index is -0.957. The zero-order valence-electron chi connectivity index (χ0n) is 9.95. The fraction of sp³-hybridized carbons (Fsp3) is 0.417. The van der Waals surface area contributed by atoms with E-state index in [0.717, 1.165) is 12.1 Å². The summed E-state index contributed by atoms with van der Waals surface area (Å²) in [4.78, 5) is 12.4. The highest BCUT2D eigenvalue weighted by molar-refractivity contribution is 5.72. The average Bonchev–Trinajstić information content (AvgIpc) is 2.29. The molecular formula is C12H15F2NO2. The second-order valence-corrected chi connectivity index (χ2v) is 4.03. The molecule has 1 aromatic rings. The zero-order valence-corrected chi connectivity index (χ0v) is 9.95. The van der Waals surface area contributed by atoms with Crippen LogP contribution in [0.25, 0.3) is 0 Å². The van der Waals surface area contributed by atoms with Crippen LogP contribution in [0.15, 0.2) is 18.2 Å². The number of likely N-dealkylation sites (N-methyl/N-ethyl adjacent to an activating group) is 1. The SMILES string of the molecule is CC(C(=O)O)N(C)C(C)c1ccc(F)c(F)c1. The molecule has 0 aliphatic heterocycles. The first-order valence-electron chi connectivity index (χ1n) is 5.24. The Balaban J connectivity index is 2.92. The molecule has 0 aliphatic carbocycles. The normalized spacial score (nSPS) is 14.7. The van der Waals surface area contributed by atoms with Gasteiger partial charge in [0.15, 0.2) is 11.6 Å². The molecule has 0 fully saturated rings. The van der Waals surface area contributed by atoms with Gasteiger partial charge in [0.05, 0.1) is 0 Å². The molecule has 0 aliphatic rings. The number of carboxylic acids is 1. The van der Waals surface area contributed by atoms with Crippen molar-refractivity contribution in [2.75, 3.05) is 7.05 Å². The number of hydrogen-bond acceptors (Lipinski definition) is 2. The van der Waals surface area contributed by atoms with E-state index in [9.17, 15) is 13.6 Å². The van der Waals surface area contributed by atoms with E-state index in [4.69, 9.17) is 5.11 Å². The number of carbonyl (C=O) groups is 1. The summed E-state index contributed by atoms with van der Waals surface area (Å²) in [5.41, 5.74) is 0.541. The van der Waals surface area contributed by atoms with Gasteiger partial charge in [-0.2, -0.15) is 0 Å². The predicted molar refractivity (Wildman–Crippen MR) is 59.6 cm³/mol. The van der Waals surface area contributed by atoms with Gasteiger partial charge in [0.25, 0.3) is 0 Å². The van der Waals surface area contributed by atoms with Gasteiger partial charge in [-0.05, 0) is 38.6 Å². The fourth-order valence-electron chi connectivity index (χ4n) is 1.52. The number of aliphatic carboxylic acids is 1. The summed E-state index contributed by atoms with van der Waals surface area (Å²) in [6, 6.07) is 2.58. The van der Waals surface area contributed by atoms with Crippen LogP contribution in [0.1, 0.15) is 25.5 Å². The van der Waals surface area contributed by atoms with Crippen LogP contribution in [0.3, 0.4) is 0 Å². The van der Waals surface area contributed by atoms with Gasteiger partial charge >= 0.3 is 5.97 Å². The van der Waals surface area contributed by atoms with E-state index in [1.165, 1.54) is 6.07 Å². The number of nitrogens with zero attached hydrogens (tertiary/aromatic N) is 1. The Morgan fingerprint density at radius 1 is 1.29 bits per heavy atom. The third-order valence-corrected chi connectivity index (χ3v) is 3.01. The molecule has 0 amide bonds. The maximum atomic E-state index is 13.1. The van der Waals surface area contributed by atoms with Crippen molar-refractivity contribution in [1.29, 1.82) is 0 Å². The molecule has 0 saturated carbocycles. The highest BCUT2D eigenvalue weighted by Crippen LogP contribution is 2.22. The van der Waals surface area contributed by atoms with E-state index in [0.29, 0.717) is 5.56 Å². The van der Waals surface area contributed by atoms with Gasteiger partial charge < -0.3 is 5.11 Å². The Hall–Kier alpha value is -1.49. The van der Waals surface area contributed by atoms with Crippen LogP contribution in [0, 0.1) is 11.6 Å². The topological polar surface area (TPSA) is 40.5 Å². The molecule has 2 atom stereocenters. The summed E-state index contributed by atoms with van der Waals surface area (Å²) >= 11 is 0. The summed E-state index contributed by atoms with van der Waals surface area (Å²) in [6.45, 7) is 3.28. The van der Waals surface area contributed by atoms with Crippen LogP contribution in [0.5, 0.6) is 0 Å². The molecule has 1 rings (SSSR count). The molecule has 0 aromatic heterocycles. The third-order valence-electron chi connectivity index (χ3n) is 3.01. The van der Waals surface area contributed by atoms with Crippen molar-refractivity contribution in [3.05, 3.63) is 35.4 Å². The molecule has 94 valence electrons. The van der Waals surface area contributed by atoms with Crippen molar-refractivity contribution in [1.82, 2.24) is 4.90 Å². The molecule has 0 saturated heterocycles. The van der Waals surface area contributed by atoms with Crippen molar-refractivity contribution in [3.63, 3.8) is 0 Å². The summed E-state index contributed by atoms with van der Waals surface area (Å²) in [7, 11) is 1.63. The first-order chi connectivity index (χ1) is 7.84. The molecular weight excluding hydrogens is 228 g/mol. The monoisotopic (exact) mass is 243 g/mol. The van der Waals surface area contributed by atoms with E-state index in [1.807, 2.05) is 0 Å². The molecule has 0 spiro atoms. The van der Waals surface area contributed by atoms with Gasteiger partial charge in [-0.25, -0.2) is 8.78 Å². The lowest BCUT2D eigenvalue weighted by molar-refractivity contribution is -0.142. The quantitative estimate of drug-likeness (QED) is 0.883. The van der Waals surface area contributed by atoms with Crippen LogP contribution in [0.4, 0.5) is 8.78 Å². The molecule has 0 heterocycles. The Bertz CT molecular complexity index is 423. The summed E-state index contributed by atoms with van der Waals surface area (Å²) in [6.07, 6.45) is 0. The molecule has 1 N–H and O–H groups in total. The molecule has 5 heteroatoms. The number of hydrogen-bond donors (Lipinski definition) is 1. The van der Waals surface area contributed by atoms with Crippen molar-refractivity contribution in [2.24, 2.45) is 0 Å². The predicted octanol–water partition coefficient (Wildman–Crippen LogP) is 2.43. The Kier molecular flexibility index (Phi) is 4.17. The number of carboxylic acid groups (broad SMARTS) is 1. The lowest BCUT2D eigenvalue weighted by atomic mass is 10.1. The van der Waals surface area contributed by atoms with E-state index in [2.05, 4.69) is 0 Å². The van der Waals surface area contributed by atoms with Crippen molar-refractivity contribution >= 4 is 5.97 Å². The van der Waals surface area contributed by atoms with E-state index < -0.39 is 23.6 Å². The molecule has 3 nitrogen and oxygen atoms in total. The summed E-state index contributed by atoms with van der Waals surface area (Å²) in [5.74, 6) is -2.79. The smallest absolute Gasteiger partial charge is 0.320 e. The van der Waals surface area contributed by atoms with Gasteiger partial charge in [0.1, 0.15) is 6.04 Å². The summed E-state index contributed by atoms with van der Waals surface area (Å²) in [5, 5.41) is 8.87. The zero-order chi connectivity index (χ0) is 13.2. The summed E-state index contributed by atoms with van der Waals surface area (Å²) < 4.78 is 25.8. The highest BCUT2D eigenvalue weighted by atomic mass is 19.2. The minimum absolute atomic E-state index is 0.309. The van der Waals surface area contributed by atoms with Crippen LogP contribution in [0.2, 0.25) is 0 Å². The maximum Gasteiger partial charge on any atom is 0.320 e. The number of rotatable bonds is 4. The first kappa shape index (κ1) is 13.6. The van der Waals surface area contributed by atoms with Crippen molar-refractivity contribution in [3.8, 4) is 0 Å². The van der Waals surface area contributed by atoms with Gasteiger partial charge in [-0.1, -0.05) is 6.07 Å². The Labute approximate surface area is 98.7 Å². The van der Waals surface area contributed by atoms with Crippen LogP contribution < -0.4 is 0 Å². The van der Waals surface area contributed by atoms with Crippen molar-refractivity contribution < 1.29 is 18.7 Å². The average molecular weight is 243 g/mol. The molecule has 0 radical (unpaired) electrons. The third kappa shape index (κ3) is 3.00. The number of benzene rings is 1. The van der Waals surface area contributed by atoms with Crippen molar-refractivity contribution in [2.45, 2.75) is 25.9 Å². The highest BCUT2D eigenvalue weighted by Gasteiger charge is 2.23. The van der Waals surface area contributed by atoms with Gasteiger partial charge in [0.2, 0.25) is 0 Å². The largest absolute Gasteiger partial charge is 0.480 e. The van der Waals surface area contributed by atoms with Gasteiger partial charge in [0, 0.05) is 6.04 Å². The second-order valence-electron chi connectivity index (χ2n) is 4.03. The van der Waals surface area contributed by atoms with Crippen LogP contribution in [-0.4, -0.2) is 29.1 Å². The standard InChI is InChI=1S/C12H15F2NO2/c1-7(15(3)8(2)12(16)17)9-4-5-10(13)11(14)6-9/h4-8H,1-3H3,(H,16,17). The fourth-order valence-corrected chi connectivity index (χ4v) is 1.52.